The van der Waals surface area contributed by atoms with Crippen LogP contribution in [0.15, 0.2) is 0 Å². The van der Waals surface area contributed by atoms with Crippen molar-refractivity contribution in [2.24, 2.45) is 11.7 Å². The van der Waals surface area contributed by atoms with Crippen LogP contribution in [-0.2, 0) is 0 Å². The van der Waals surface area contributed by atoms with Crippen LogP contribution in [0.2, 0.25) is 0 Å². The van der Waals surface area contributed by atoms with Gasteiger partial charge in [-0.15, -0.1) is 0 Å². The third kappa shape index (κ3) is 2.67. The highest BCUT2D eigenvalue weighted by atomic mass is 32.2. The molecule has 0 aliphatic heterocycles. The minimum Gasteiger partial charge on any atom is -0.329 e. The first-order chi connectivity index (χ1) is 5.68. The molecule has 2 N–H and O–H groups in total. The molecule has 1 aliphatic carbocycles. The Labute approximate surface area is 80.5 Å². The van der Waals surface area contributed by atoms with Gasteiger partial charge in [-0.2, -0.15) is 11.8 Å². The summed E-state index contributed by atoms with van der Waals surface area (Å²) in [5.74, 6) is 2.08. The fraction of sp³-hybridized carbons (Fsp3) is 1.00. The third-order valence-electron chi connectivity index (χ3n) is 2.61. The Morgan fingerprint density at radius 1 is 1.33 bits per heavy atom. The summed E-state index contributed by atoms with van der Waals surface area (Å²) in [6, 6.07) is 0. The maximum absolute atomic E-state index is 5.83. The molecule has 0 spiro atoms. The maximum Gasteiger partial charge on any atom is 0.0282 e. The summed E-state index contributed by atoms with van der Waals surface area (Å²) in [5, 5.41) is 0. The first kappa shape index (κ1) is 10.4. The van der Waals surface area contributed by atoms with E-state index >= 15 is 0 Å². The normalized spacial score (nSPS) is 22.0. The van der Waals surface area contributed by atoms with Crippen LogP contribution < -0.4 is 5.73 Å². The van der Waals surface area contributed by atoms with Crippen LogP contribution in [0, 0.1) is 5.92 Å². The average Bonchev–Trinajstić information content (AvgIpc) is 2.50. The molecule has 0 saturated heterocycles. The van der Waals surface area contributed by atoms with Crippen LogP contribution in [0.25, 0.3) is 0 Å². The van der Waals surface area contributed by atoms with Crippen molar-refractivity contribution in [3.05, 3.63) is 0 Å². The van der Waals surface area contributed by atoms with Gasteiger partial charge in [0, 0.05) is 11.3 Å². The second kappa shape index (κ2) is 4.52. The molecule has 12 heavy (non-hydrogen) atoms. The summed E-state index contributed by atoms with van der Waals surface area (Å²) in [5.41, 5.74) is 5.83. The Kier molecular flexibility index (Phi) is 3.91. The SMILES string of the molecule is CC(C)CSC1(CN)CCCC1. The summed E-state index contributed by atoms with van der Waals surface area (Å²) in [6.07, 6.45) is 5.48. The molecule has 1 aliphatic rings. The van der Waals surface area contributed by atoms with Gasteiger partial charge in [0.1, 0.15) is 0 Å². The maximum atomic E-state index is 5.83. The van der Waals surface area contributed by atoms with Crippen molar-refractivity contribution in [1.29, 1.82) is 0 Å². The number of hydrogen-bond donors (Lipinski definition) is 1. The number of rotatable bonds is 4. The molecule has 1 rings (SSSR count). The lowest BCUT2D eigenvalue weighted by atomic mass is 10.1. The highest BCUT2D eigenvalue weighted by Crippen LogP contribution is 2.41. The Morgan fingerprint density at radius 3 is 2.33 bits per heavy atom. The Bertz CT molecular complexity index is 128. The van der Waals surface area contributed by atoms with Gasteiger partial charge in [0.25, 0.3) is 0 Å². The average molecular weight is 187 g/mol. The summed E-state index contributed by atoms with van der Waals surface area (Å²) in [6.45, 7) is 5.45. The molecule has 0 aromatic heterocycles. The third-order valence-corrected chi connectivity index (χ3v) is 4.63. The van der Waals surface area contributed by atoms with E-state index in [4.69, 9.17) is 5.73 Å². The van der Waals surface area contributed by atoms with E-state index < -0.39 is 0 Å². The number of nitrogens with two attached hydrogens (primary N) is 1. The molecular formula is C10H21NS. The van der Waals surface area contributed by atoms with E-state index in [0.717, 1.165) is 12.5 Å². The minimum atomic E-state index is 0.463. The first-order valence-corrected chi connectivity index (χ1v) is 6.01. The molecule has 0 unspecified atom stereocenters. The molecule has 0 aromatic carbocycles. The van der Waals surface area contributed by atoms with Gasteiger partial charge in [0.05, 0.1) is 0 Å². The van der Waals surface area contributed by atoms with E-state index in [-0.39, 0.29) is 0 Å². The highest BCUT2D eigenvalue weighted by Gasteiger charge is 2.32. The summed E-state index contributed by atoms with van der Waals surface area (Å²) in [7, 11) is 0. The summed E-state index contributed by atoms with van der Waals surface area (Å²) < 4.78 is 0.463. The molecular weight excluding hydrogens is 166 g/mol. The Morgan fingerprint density at radius 2 is 1.92 bits per heavy atom. The van der Waals surface area contributed by atoms with E-state index in [1.54, 1.807) is 0 Å². The van der Waals surface area contributed by atoms with Crippen LogP contribution in [-0.4, -0.2) is 17.0 Å². The van der Waals surface area contributed by atoms with Gasteiger partial charge >= 0.3 is 0 Å². The minimum absolute atomic E-state index is 0.463. The molecule has 0 heterocycles. The molecule has 2 heteroatoms. The predicted molar refractivity (Wildman–Crippen MR) is 57.5 cm³/mol. The van der Waals surface area contributed by atoms with Gasteiger partial charge in [0.15, 0.2) is 0 Å². The van der Waals surface area contributed by atoms with Gasteiger partial charge in [-0.05, 0) is 24.5 Å². The van der Waals surface area contributed by atoms with Crippen molar-refractivity contribution in [2.75, 3.05) is 12.3 Å². The van der Waals surface area contributed by atoms with Crippen molar-refractivity contribution in [2.45, 2.75) is 44.3 Å². The largest absolute Gasteiger partial charge is 0.329 e. The summed E-state index contributed by atoms with van der Waals surface area (Å²) >= 11 is 2.11. The highest BCUT2D eigenvalue weighted by molar-refractivity contribution is 8.00. The fourth-order valence-corrected chi connectivity index (χ4v) is 3.15. The van der Waals surface area contributed by atoms with E-state index in [2.05, 4.69) is 25.6 Å². The van der Waals surface area contributed by atoms with Crippen molar-refractivity contribution < 1.29 is 0 Å². The molecule has 0 aromatic rings. The zero-order valence-electron chi connectivity index (χ0n) is 8.31. The van der Waals surface area contributed by atoms with E-state index in [1.807, 2.05) is 0 Å². The van der Waals surface area contributed by atoms with Gasteiger partial charge < -0.3 is 5.73 Å². The monoisotopic (exact) mass is 187 g/mol. The van der Waals surface area contributed by atoms with E-state index in [1.165, 1.54) is 31.4 Å². The van der Waals surface area contributed by atoms with Gasteiger partial charge in [-0.3, -0.25) is 0 Å². The lowest BCUT2D eigenvalue weighted by Gasteiger charge is -2.27. The van der Waals surface area contributed by atoms with Crippen LogP contribution in [0.5, 0.6) is 0 Å². The number of hydrogen-bond acceptors (Lipinski definition) is 2. The smallest absolute Gasteiger partial charge is 0.0282 e. The molecule has 0 amide bonds. The van der Waals surface area contributed by atoms with Crippen LogP contribution in [0.4, 0.5) is 0 Å². The lowest BCUT2D eigenvalue weighted by Crippen LogP contribution is -2.31. The van der Waals surface area contributed by atoms with E-state index in [9.17, 15) is 0 Å². The molecule has 1 nitrogen and oxygen atoms in total. The van der Waals surface area contributed by atoms with Gasteiger partial charge in [-0.1, -0.05) is 26.7 Å². The lowest BCUT2D eigenvalue weighted by molar-refractivity contribution is 0.613. The zero-order chi connectivity index (χ0) is 9.03. The van der Waals surface area contributed by atoms with E-state index in [0.29, 0.717) is 4.75 Å². The van der Waals surface area contributed by atoms with Crippen molar-refractivity contribution in [1.82, 2.24) is 0 Å². The van der Waals surface area contributed by atoms with Crippen LogP contribution in [0.1, 0.15) is 39.5 Å². The van der Waals surface area contributed by atoms with Crippen LogP contribution >= 0.6 is 11.8 Å². The second-order valence-electron chi connectivity index (χ2n) is 4.30. The first-order valence-electron chi connectivity index (χ1n) is 5.02. The summed E-state index contributed by atoms with van der Waals surface area (Å²) in [4.78, 5) is 0. The van der Waals surface area contributed by atoms with Crippen molar-refractivity contribution in [3.8, 4) is 0 Å². The Balaban J connectivity index is 2.34. The fourth-order valence-electron chi connectivity index (χ4n) is 1.77. The predicted octanol–water partition coefficient (Wildman–Crippen LogP) is 2.65. The standard InChI is InChI=1S/C10H21NS/c1-9(2)7-12-10(8-11)5-3-4-6-10/h9H,3-8,11H2,1-2H3. The molecule has 0 bridgehead atoms. The molecule has 0 radical (unpaired) electrons. The van der Waals surface area contributed by atoms with Crippen molar-refractivity contribution >= 4 is 11.8 Å². The second-order valence-corrected chi connectivity index (χ2v) is 5.79. The zero-order valence-corrected chi connectivity index (χ0v) is 9.12. The van der Waals surface area contributed by atoms with Gasteiger partial charge in [0.2, 0.25) is 0 Å². The topological polar surface area (TPSA) is 26.0 Å². The quantitative estimate of drug-likeness (QED) is 0.732. The Hall–Kier alpha value is 0.310. The molecule has 72 valence electrons. The molecule has 0 atom stereocenters. The van der Waals surface area contributed by atoms with Gasteiger partial charge in [-0.25, -0.2) is 0 Å². The number of thioether (sulfide) groups is 1. The van der Waals surface area contributed by atoms with Crippen molar-refractivity contribution in [3.63, 3.8) is 0 Å². The van der Waals surface area contributed by atoms with Crippen LogP contribution in [0.3, 0.4) is 0 Å². The molecule has 1 fully saturated rings. The molecule has 1 saturated carbocycles.